The molecule has 0 spiro atoms. The third-order valence-electron chi connectivity index (χ3n) is 3.94. The summed E-state index contributed by atoms with van der Waals surface area (Å²) in [6.45, 7) is 2.14. The van der Waals surface area contributed by atoms with Gasteiger partial charge in [-0.2, -0.15) is 0 Å². The lowest BCUT2D eigenvalue weighted by Crippen LogP contribution is -2.42. The number of hydrogen-bond acceptors (Lipinski definition) is 1. The second kappa shape index (κ2) is 6.67. The van der Waals surface area contributed by atoms with E-state index in [0.717, 1.165) is 30.9 Å². The summed E-state index contributed by atoms with van der Waals surface area (Å²) in [5, 5.41) is 6.88. The molecule has 1 unspecified atom stereocenters. The van der Waals surface area contributed by atoms with Crippen molar-refractivity contribution in [2.45, 2.75) is 38.5 Å². The zero-order chi connectivity index (χ0) is 11.9. The summed E-state index contributed by atoms with van der Waals surface area (Å²) in [6, 6.07) is 0. The van der Waals surface area contributed by atoms with Crippen LogP contribution in [-0.4, -0.2) is 26.1 Å². The van der Waals surface area contributed by atoms with Crippen molar-refractivity contribution in [1.82, 2.24) is 10.6 Å². The van der Waals surface area contributed by atoms with Crippen LogP contribution < -0.4 is 10.6 Å². The number of hydrogen-bond donors (Lipinski definition) is 2. The second-order valence-electron chi connectivity index (χ2n) is 5.28. The van der Waals surface area contributed by atoms with Crippen LogP contribution in [0.5, 0.6) is 0 Å². The third-order valence-corrected chi connectivity index (χ3v) is 3.94. The topological polar surface area (TPSA) is 36.4 Å². The van der Waals surface area contributed by atoms with E-state index >= 15 is 0 Å². The molecule has 0 bridgehead atoms. The van der Waals surface area contributed by atoms with Crippen molar-refractivity contribution >= 4 is 5.96 Å². The minimum absolute atomic E-state index is 0.780. The van der Waals surface area contributed by atoms with Crippen LogP contribution >= 0.6 is 0 Å². The standard InChI is InChI=1S/C14H25N3/c1-15-14(17-11-13-8-5-9-13)16-10-12-6-3-2-4-7-12/h2-3,12-13H,4-11H2,1H3,(H2,15,16,17). The Kier molecular flexibility index (Phi) is 4.89. The molecule has 0 amide bonds. The predicted molar refractivity (Wildman–Crippen MR) is 73.2 cm³/mol. The molecule has 0 heterocycles. The molecule has 0 aromatic heterocycles. The van der Waals surface area contributed by atoms with Gasteiger partial charge in [0, 0.05) is 20.1 Å². The van der Waals surface area contributed by atoms with E-state index in [9.17, 15) is 0 Å². The largest absolute Gasteiger partial charge is 0.356 e. The molecule has 1 fully saturated rings. The van der Waals surface area contributed by atoms with Crippen molar-refractivity contribution in [3.63, 3.8) is 0 Å². The van der Waals surface area contributed by atoms with E-state index in [-0.39, 0.29) is 0 Å². The molecule has 1 atom stereocenters. The van der Waals surface area contributed by atoms with Gasteiger partial charge in [-0.3, -0.25) is 4.99 Å². The van der Waals surface area contributed by atoms with Crippen LogP contribution in [0.15, 0.2) is 17.1 Å². The Morgan fingerprint density at radius 2 is 1.88 bits per heavy atom. The fraction of sp³-hybridized carbons (Fsp3) is 0.786. The predicted octanol–water partition coefficient (Wildman–Crippen LogP) is 2.31. The van der Waals surface area contributed by atoms with E-state index < -0.39 is 0 Å². The summed E-state index contributed by atoms with van der Waals surface area (Å²) in [6.07, 6.45) is 12.5. The van der Waals surface area contributed by atoms with Crippen LogP contribution in [0.1, 0.15) is 38.5 Å². The Hall–Kier alpha value is -0.990. The van der Waals surface area contributed by atoms with Gasteiger partial charge in [-0.25, -0.2) is 0 Å². The molecule has 0 aliphatic heterocycles. The van der Waals surface area contributed by atoms with Gasteiger partial charge in [0.2, 0.25) is 0 Å². The number of nitrogens with one attached hydrogen (secondary N) is 2. The molecular weight excluding hydrogens is 210 g/mol. The van der Waals surface area contributed by atoms with Crippen molar-refractivity contribution in [2.24, 2.45) is 16.8 Å². The molecule has 3 nitrogen and oxygen atoms in total. The highest BCUT2D eigenvalue weighted by Gasteiger charge is 2.17. The van der Waals surface area contributed by atoms with E-state index in [4.69, 9.17) is 0 Å². The van der Waals surface area contributed by atoms with Crippen LogP contribution in [0.2, 0.25) is 0 Å². The minimum Gasteiger partial charge on any atom is -0.356 e. The first-order chi connectivity index (χ1) is 8.38. The number of allylic oxidation sites excluding steroid dienone is 2. The summed E-state index contributed by atoms with van der Waals surface area (Å²) in [5.41, 5.74) is 0. The maximum Gasteiger partial charge on any atom is 0.190 e. The Bertz CT molecular complexity index is 279. The zero-order valence-corrected chi connectivity index (χ0v) is 10.9. The lowest BCUT2D eigenvalue weighted by Gasteiger charge is -2.27. The average molecular weight is 235 g/mol. The highest BCUT2D eigenvalue weighted by Crippen LogP contribution is 2.25. The van der Waals surface area contributed by atoms with E-state index in [1.54, 1.807) is 0 Å². The lowest BCUT2D eigenvalue weighted by molar-refractivity contribution is 0.314. The number of rotatable bonds is 4. The number of guanidine groups is 1. The SMILES string of the molecule is CN=C(NCC1CC=CCC1)NCC1CCC1. The molecule has 2 aliphatic rings. The van der Waals surface area contributed by atoms with Gasteiger partial charge in [-0.15, -0.1) is 0 Å². The summed E-state index contributed by atoms with van der Waals surface area (Å²) < 4.78 is 0. The first-order valence-corrected chi connectivity index (χ1v) is 6.98. The summed E-state index contributed by atoms with van der Waals surface area (Å²) in [7, 11) is 1.86. The van der Waals surface area contributed by atoms with E-state index in [1.807, 2.05) is 7.05 Å². The highest BCUT2D eigenvalue weighted by molar-refractivity contribution is 5.79. The second-order valence-corrected chi connectivity index (χ2v) is 5.28. The van der Waals surface area contributed by atoms with Gasteiger partial charge in [0.15, 0.2) is 5.96 Å². The maximum atomic E-state index is 4.28. The minimum atomic E-state index is 0.780. The van der Waals surface area contributed by atoms with Gasteiger partial charge in [0.05, 0.1) is 0 Å². The van der Waals surface area contributed by atoms with E-state index in [2.05, 4.69) is 27.8 Å². The van der Waals surface area contributed by atoms with Crippen molar-refractivity contribution < 1.29 is 0 Å². The molecule has 2 N–H and O–H groups in total. The van der Waals surface area contributed by atoms with Crippen molar-refractivity contribution in [3.8, 4) is 0 Å². The molecule has 2 rings (SSSR count). The molecule has 96 valence electrons. The fourth-order valence-electron chi connectivity index (χ4n) is 2.44. The smallest absolute Gasteiger partial charge is 0.190 e. The molecule has 3 heteroatoms. The quantitative estimate of drug-likeness (QED) is 0.446. The number of nitrogens with zero attached hydrogens (tertiary/aromatic N) is 1. The van der Waals surface area contributed by atoms with Crippen molar-refractivity contribution in [2.75, 3.05) is 20.1 Å². The average Bonchev–Trinajstić information content (AvgIpc) is 2.32. The number of aliphatic imine (C=N–C) groups is 1. The molecule has 0 aromatic carbocycles. The Morgan fingerprint density at radius 1 is 1.12 bits per heavy atom. The van der Waals surface area contributed by atoms with Crippen LogP contribution in [0.4, 0.5) is 0 Å². The van der Waals surface area contributed by atoms with Crippen molar-refractivity contribution in [3.05, 3.63) is 12.2 Å². The van der Waals surface area contributed by atoms with Gasteiger partial charge in [0.1, 0.15) is 0 Å². The van der Waals surface area contributed by atoms with Crippen LogP contribution in [-0.2, 0) is 0 Å². The van der Waals surface area contributed by atoms with Crippen LogP contribution in [0.3, 0.4) is 0 Å². The monoisotopic (exact) mass is 235 g/mol. The normalized spacial score (nSPS) is 25.5. The molecule has 0 saturated heterocycles. The van der Waals surface area contributed by atoms with E-state index in [0.29, 0.717) is 0 Å². The fourth-order valence-corrected chi connectivity index (χ4v) is 2.44. The van der Waals surface area contributed by atoms with E-state index in [1.165, 1.54) is 38.5 Å². The summed E-state index contributed by atoms with van der Waals surface area (Å²) in [4.78, 5) is 4.28. The first-order valence-electron chi connectivity index (χ1n) is 6.98. The van der Waals surface area contributed by atoms with Gasteiger partial charge in [-0.05, 0) is 43.9 Å². The zero-order valence-electron chi connectivity index (χ0n) is 10.9. The van der Waals surface area contributed by atoms with Crippen molar-refractivity contribution in [1.29, 1.82) is 0 Å². The Balaban J connectivity index is 1.62. The van der Waals surface area contributed by atoms with Gasteiger partial charge < -0.3 is 10.6 Å². The first kappa shape index (κ1) is 12.5. The highest BCUT2D eigenvalue weighted by atomic mass is 15.2. The molecule has 17 heavy (non-hydrogen) atoms. The lowest BCUT2D eigenvalue weighted by atomic mass is 9.85. The molecule has 2 aliphatic carbocycles. The Morgan fingerprint density at radius 3 is 2.41 bits per heavy atom. The summed E-state index contributed by atoms with van der Waals surface area (Å²) >= 11 is 0. The molecule has 0 aromatic rings. The molecule has 1 saturated carbocycles. The van der Waals surface area contributed by atoms with Crippen LogP contribution in [0.25, 0.3) is 0 Å². The third kappa shape index (κ3) is 4.06. The van der Waals surface area contributed by atoms with Gasteiger partial charge in [0.25, 0.3) is 0 Å². The van der Waals surface area contributed by atoms with Crippen LogP contribution in [0, 0.1) is 11.8 Å². The van der Waals surface area contributed by atoms with Gasteiger partial charge in [-0.1, -0.05) is 18.6 Å². The maximum absolute atomic E-state index is 4.28. The Labute approximate surface area is 105 Å². The molecule has 0 radical (unpaired) electrons. The molecular formula is C14H25N3. The summed E-state index contributed by atoms with van der Waals surface area (Å²) in [5.74, 6) is 2.64. The van der Waals surface area contributed by atoms with Gasteiger partial charge >= 0.3 is 0 Å².